The SMILES string of the molecule is Nc1nc2c(c(NCc3cn4c(n3)SCC4)n1)CCCC2. The fourth-order valence-corrected chi connectivity index (χ4v) is 3.94. The Labute approximate surface area is 127 Å². The van der Waals surface area contributed by atoms with E-state index in [2.05, 4.69) is 31.0 Å². The third kappa shape index (κ3) is 2.46. The number of hydrogen-bond acceptors (Lipinski definition) is 6. The van der Waals surface area contributed by atoms with Crippen LogP contribution in [-0.2, 0) is 25.9 Å². The van der Waals surface area contributed by atoms with Crippen molar-refractivity contribution in [1.82, 2.24) is 19.5 Å². The third-order valence-electron chi connectivity index (χ3n) is 3.99. The number of imidazole rings is 1. The fourth-order valence-electron chi connectivity index (χ4n) is 2.98. The van der Waals surface area contributed by atoms with Crippen molar-refractivity contribution in [2.45, 2.75) is 43.9 Å². The van der Waals surface area contributed by atoms with Crippen LogP contribution in [0.1, 0.15) is 29.8 Å². The molecule has 3 heterocycles. The Balaban J connectivity index is 1.55. The van der Waals surface area contributed by atoms with Crippen molar-refractivity contribution in [1.29, 1.82) is 0 Å². The number of rotatable bonds is 3. The largest absolute Gasteiger partial charge is 0.368 e. The first kappa shape index (κ1) is 12.9. The first-order valence-corrected chi connectivity index (χ1v) is 8.36. The maximum absolute atomic E-state index is 5.83. The average Bonchev–Trinajstić information content (AvgIpc) is 3.05. The molecule has 110 valence electrons. The van der Waals surface area contributed by atoms with Gasteiger partial charge in [-0.25, -0.2) is 9.97 Å². The van der Waals surface area contributed by atoms with E-state index in [0.717, 1.165) is 47.5 Å². The van der Waals surface area contributed by atoms with Gasteiger partial charge in [-0.15, -0.1) is 0 Å². The number of nitrogens with zero attached hydrogens (tertiary/aromatic N) is 4. The molecule has 2 aliphatic rings. The molecule has 0 aromatic carbocycles. The molecule has 0 spiro atoms. The van der Waals surface area contributed by atoms with Crippen molar-refractivity contribution in [2.75, 3.05) is 16.8 Å². The monoisotopic (exact) mass is 302 g/mol. The standard InChI is InChI=1S/C14H18N6S/c15-13-18-11-4-2-1-3-10(11)12(19-13)16-7-9-8-20-5-6-21-14(20)17-9/h8H,1-7H2,(H3,15,16,18,19). The number of thioether (sulfide) groups is 1. The number of fused-ring (bicyclic) bond motifs is 2. The lowest BCUT2D eigenvalue weighted by Crippen LogP contribution is -2.14. The number of nitrogens with one attached hydrogen (secondary N) is 1. The number of hydrogen-bond donors (Lipinski definition) is 2. The van der Waals surface area contributed by atoms with E-state index in [0.29, 0.717) is 12.5 Å². The van der Waals surface area contributed by atoms with Gasteiger partial charge >= 0.3 is 0 Å². The molecule has 6 nitrogen and oxygen atoms in total. The summed E-state index contributed by atoms with van der Waals surface area (Å²) in [6.45, 7) is 1.74. The quantitative estimate of drug-likeness (QED) is 0.900. The summed E-state index contributed by atoms with van der Waals surface area (Å²) < 4.78 is 2.21. The molecular formula is C14H18N6S. The van der Waals surface area contributed by atoms with E-state index >= 15 is 0 Å². The minimum absolute atomic E-state index is 0.362. The molecule has 2 aromatic rings. The van der Waals surface area contributed by atoms with Gasteiger partial charge in [-0.05, 0) is 25.7 Å². The topological polar surface area (TPSA) is 81.6 Å². The highest BCUT2D eigenvalue weighted by Gasteiger charge is 2.18. The molecule has 0 unspecified atom stereocenters. The van der Waals surface area contributed by atoms with Gasteiger partial charge in [0.05, 0.1) is 17.9 Å². The van der Waals surface area contributed by atoms with E-state index < -0.39 is 0 Å². The molecule has 2 aromatic heterocycles. The molecule has 0 fully saturated rings. The molecule has 1 aliphatic carbocycles. The lowest BCUT2D eigenvalue weighted by atomic mass is 9.96. The van der Waals surface area contributed by atoms with Crippen molar-refractivity contribution < 1.29 is 0 Å². The van der Waals surface area contributed by atoms with Gasteiger partial charge in [0.1, 0.15) is 5.82 Å². The molecule has 21 heavy (non-hydrogen) atoms. The van der Waals surface area contributed by atoms with Gasteiger partial charge < -0.3 is 15.6 Å². The first-order chi connectivity index (χ1) is 10.3. The predicted octanol–water partition coefficient (Wildman–Crippen LogP) is 1.85. The van der Waals surface area contributed by atoms with E-state index in [1.165, 1.54) is 18.4 Å². The smallest absolute Gasteiger partial charge is 0.222 e. The predicted molar refractivity (Wildman–Crippen MR) is 83.4 cm³/mol. The zero-order chi connectivity index (χ0) is 14.2. The van der Waals surface area contributed by atoms with Crippen molar-refractivity contribution in [3.05, 3.63) is 23.1 Å². The highest BCUT2D eigenvalue weighted by atomic mass is 32.2. The summed E-state index contributed by atoms with van der Waals surface area (Å²) in [5, 5.41) is 4.52. The van der Waals surface area contributed by atoms with Gasteiger partial charge in [0, 0.05) is 24.1 Å². The molecule has 0 atom stereocenters. The molecule has 0 bridgehead atoms. The summed E-state index contributed by atoms with van der Waals surface area (Å²) in [7, 11) is 0. The van der Waals surface area contributed by atoms with E-state index in [1.807, 2.05) is 11.8 Å². The summed E-state index contributed by atoms with van der Waals surface area (Å²) in [5.74, 6) is 2.38. The zero-order valence-corrected chi connectivity index (χ0v) is 12.6. The molecular weight excluding hydrogens is 284 g/mol. The minimum Gasteiger partial charge on any atom is -0.368 e. The molecule has 4 rings (SSSR count). The normalized spacial score (nSPS) is 16.6. The van der Waals surface area contributed by atoms with Crippen LogP contribution >= 0.6 is 11.8 Å². The van der Waals surface area contributed by atoms with Gasteiger partial charge in [-0.3, -0.25) is 0 Å². The van der Waals surface area contributed by atoms with Crippen molar-refractivity contribution in [3.63, 3.8) is 0 Å². The summed E-state index contributed by atoms with van der Waals surface area (Å²) >= 11 is 1.81. The second-order valence-electron chi connectivity index (χ2n) is 5.47. The van der Waals surface area contributed by atoms with Crippen LogP contribution in [0.3, 0.4) is 0 Å². The van der Waals surface area contributed by atoms with Crippen LogP contribution in [0.25, 0.3) is 0 Å². The van der Waals surface area contributed by atoms with Crippen molar-refractivity contribution in [2.24, 2.45) is 0 Å². The molecule has 3 N–H and O–H groups in total. The lowest BCUT2D eigenvalue weighted by Gasteiger charge is -2.18. The minimum atomic E-state index is 0.362. The number of nitrogen functional groups attached to an aromatic ring is 1. The highest BCUT2D eigenvalue weighted by Crippen LogP contribution is 2.27. The summed E-state index contributed by atoms with van der Waals surface area (Å²) in [6.07, 6.45) is 6.55. The van der Waals surface area contributed by atoms with Gasteiger partial charge in [-0.2, -0.15) is 4.98 Å². The summed E-state index contributed by atoms with van der Waals surface area (Å²) in [6, 6.07) is 0. The second-order valence-corrected chi connectivity index (χ2v) is 6.54. The Bertz CT molecular complexity index is 659. The van der Waals surface area contributed by atoms with Crippen LogP contribution in [0.15, 0.2) is 11.4 Å². The molecule has 0 saturated heterocycles. The Morgan fingerprint density at radius 2 is 2.14 bits per heavy atom. The summed E-state index contributed by atoms with van der Waals surface area (Å²) in [5.41, 5.74) is 9.22. The molecule has 0 radical (unpaired) electrons. The van der Waals surface area contributed by atoms with E-state index in [9.17, 15) is 0 Å². The van der Waals surface area contributed by atoms with Crippen LogP contribution in [0, 0.1) is 0 Å². The van der Waals surface area contributed by atoms with Crippen LogP contribution < -0.4 is 11.1 Å². The fraction of sp³-hybridized carbons (Fsp3) is 0.500. The Kier molecular flexibility index (Phi) is 3.21. The summed E-state index contributed by atoms with van der Waals surface area (Å²) in [4.78, 5) is 13.4. The Morgan fingerprint density at radius 3 is 3.05 bits per heavy atom. The van der Waals surface area contributed by atoms with Crippen LogP contribution in [-0.4, -0.2) is 25.3 Å². The van der Waals surface area contributed by atoms with E-state index in [-0.39, 0.29) is 0 Å². The lowest BCUT2D eigenvalue weighted by molar-refractivity contribution is 0.665. The number of anilines is 2. The zero-order valence-electron chi connectivity index (χ0n) is 11.8. The van der Waals surface area contributed by atoms with Gasteiger partial charge in [0.25, 0.3) is 0 Å². The number of aryl methyl sites for hydroxylation is 2. The van der Waals surface area contributed by atoms with Gasteiger partial charge in [0.15, 0.2) is 5.16 Å². The number of nitrogens with two attached hydrogens (primary N) is 1. The Morgan fingerprint density at radius 1 is 1.24 bits per heavy atom. The molecule has 1 aliphatic heterocycles. The average molecular weight is 302 g/mol. The van der Waals surface area contributed by atoms with Crippen LogP contribution in [0.2, 0.25) is 0 Å². The molecule has 0 amide bonds. The maximum atomic E-state index is 5.83. The Hall–Kier alpha value is -1.76. The first-order valence-electron chi connectivity index (χ1n) is 7.37. The molecule has 7 heteroatoms. The number of aromatic nitrogens is 4. The van der Waals surface area contributed by atoms with Crippen molar-refractivity contribution in [3.8, 4) is 0 Å². The second kappa shape index (κ2) is 5.22. The molecule has 0 saturated carbocycles. The maximum Gasteiger partial charge on any atom is 0.222 e. The van der Waals surface area contributed by atoms with Gasteiger partial charge in [0.2, 0.25) is 5.95 Å². The third-order valence-corrected chi connectivity index (χ3v) is 4.96. The van der Waals surface area contributed by atoms with Gasteiger partial charge in [-0.1, -0.05) is 11.8 Å². The van der Waals surface area contributed by atoms with E-state index in [1.54, 1.807) is 0 Å². The van der Waals surface area contributed by atoms with Crippen LogP contribution in [0.5, 0.6) is 0 Å². The van der Waals surface area contributed by atoms with E-state index in [4.69, 9.17) is 5.73 Å². The highest BCUT2D eigenvalue weighted by molar-refractivity contribution is 7.99. The van der Waals surface area contributed by atoms with Crippen molar-refractivity contribution >= 4 is 23.5 Å². The van der Waals surface area contributed by atoms with Crippen LogP contribution in [0.4, 0.5) is 11.8 Å².